The zero-order chi connectivity index (χ0) is 12.2. The average molecular weight is 233 g/mol. The summed E-state index contributed by atoms with van der Waals surface area (Å²) in [7, 11) is 1.42. The molecular weight excluding hydrogens is 219 g/mol. The van der Waals surface area contributed by atoms with E-state index in [1.54, 1.807) is 6.92 Å². The first kappa shape index (κ1) is 12.8. The van der Waals surface area contributed by atoms with Gasteiger partial charge in [-0.1, -0.05) is 0 Å². The lowest BCUT2D eigenvalue weighted by atomic mass is 10.1. The van der Waals surface area contributed by atoms with E-state index in [1.807, 2.05) is 0 Å². The van der Waals surface area contributed by atoms with Gasteiger partial charge in [-0.3, -0.25) is 0 Å². The zero-order valence-electron chi connectivity index (χ0n) is 9.19. The molecule has 2 nitrogen and oxygen atoms in total. The number of ether oxygens (including phenoxy) is 1. The van der Waals surface area contributed by atoms with Crippen molar-refractivity contribution < 1.29 is 17.9 Å². The molecule has 0 amide bonds. The Morgan fingerprint density at radius 1 is 1.38 bits per heavy atom. The van der Waals surface area contributed by atoms with E-state index in [1.165, 1.54) is 19.2 Å². The molecule has 1 N–H and O–H groups in total. The number of alkyl halides is 2. The van der Waals surface area contributed by atoms with Crippen LogP contribution in [0.2, 0.25) is 0 Å². The summed E-state index contributed by atoms with van der Waals surface area (Å²) in [6.07, 6.45) is 0. The Morgan fingerprint density at radius 2 is 2.06 bits per heavy atom. The van der Waals surface area contributed by atoms with Crippen LogP contribution in [0.3, 0.4) is 0 Å². The van der Waals surface area contributed by atoms with Crippen molar-refractivity contribution in [1.29, 1.82) is 0 Å². The highest BCUT2D eigenvalue weighted by atomic mass is 19.3. The third-order valence-electron chi connectivity index (χ3n) is 2.05. The fraction of sp³-hybridized carbons (Fsp3) is 0.455. The van der Waals surface area contributed by atoms with Gasteiger partial charge in [0.05, 0.1) is 13.2 Å². The number of likely N-dealkylation sites (N-methyl/N-ethyl adjacent to an activating group) is 1. The molecule has 0 aliphatic heterocycles. The van der Waals surface area contributed by atoms with Gasteiger partial charge in [0, 0.05) is 5.56 Å². The standard InChI is InChI=1S/C11H14F3NO/c1-3-16-10-5-4-8(6-9(10)12)11(13,14)7-15-2/h4-6,15H,3,7H2,1-2H3. The van der Waals surface area contributed by atoms with Crippen LogP contribution < -0.4 is 10.1 Å². The van der Waals surface area contributed by atoms with Crippen molar-refractivity contribution in [2.75, 3.05) is 20.2 Å². The second kappa shape index (κ2) is 5.21. The van der Waals surface area contributed by atoms with Gasteiger partial charge in [0.15, 0.2) is 11.6 Å². The Kier molecular flexibility index (Phi) is 4.18. The monoisotopic (exact) mass is 233 g/mol. The topological polar surface area (TPSA) is 21.3 Å². The second-order valence-corrected chi connectivity index (χ2v) is 3.31. The van der Waals surface area contributed by atoms with E-state index in [-0.39, 0.29) is 11.3 Å². The summed E-state index contributed by atoms with van der Waals surface area (Å²) in [6.45, 7) is 1.46. The molecule has 0 bridgehead atoms. The molecule has 0 saturated carbocycles. The summed E-state index contributed by atoms with van der Waals surface area (Å²) in [6, 6.07) is 3.20. The SMILES string of the molecule is CCOc1ccc(C(F)(F)CNC)cc1F. The second-order valence-electron chi connectivity index (χ2n) is 3.31. The fourth-order valence-electron chi connectivity index (χ4n) is 1.32. The van der Waals surface area contributed by atoms with Crippen LogP contribution in [0.5, 0.6) is 5.75 Å². The van der Waals surface area contributed by atoms with Crippen LogP contribution >= 0.6 is 0 Å². The summed E-state index contributed by atoms with van der Waals surface area (Å²) in [4.78, 5) is 0. The molecule has 5 heteroatoms. The number of rotatable bonds is 5. The Labute approximate surface area is 92.4 Å². The van der Waals surface area contributed by atoms with Crippen LogP contribution in [-0.4, -0.2) is 20.2 Å². The fourth-order valence-corrected chi connectivity index (χ4v) is 1.32. The highest BCUT2D eigenvalue weighted by Crippen LogP contribution is 2.30. The van der Waals surface area contributed by atoms with Crippen molar-refractivity contribution in [3.63, 3.8) is 0 Å². The first-order valence-electron chi connectivity index (χ1n) is 4.96. The van der Waals surface area contributed by atoms with Crippen molar-refractivity contribution in [2.45, 2.75) is 12.8 Å². The van der Waals surface area contributed by atoms with Crippen LogP contribution in [0.4, 0.5) is 13.2 Å². The quantitative estimate of drug-likeness (QED) is 0.843. The van der Waals surface area contributed by atoms with Gasteiger partial charge < -0.3 is 10.1 Å². The van der Waals surface area contributed by atoms with Crippen molar-refractivity contribution in [2.24, 2.45) is 0 Å². The molecule has 1 aromatic carbocycles. The maximum Gasteiger partial charge on any atom is 0.285 e. The smallest absolute Gasteiger partial charge is 0.285 e. The third kappa shape index (κ3) is 2.88. The van der Waals surface area contributed by atoms with Gasteiger partial charge >= 0.3 is 0 Å². The minimum absolute atomic E-state index is 0.00786. The van der Waals surface area contributed by atoms with Crippen LogP contribution in [0.15, 0.2) is 18.2 Å². The number of benzene rings is 1. The first-order valence-corrected chi connectivity index (χ1v) is 4.96. The Hall–Kier alpha value is -1.23. The van der Waals surface area contributed by atoms with E-state index < -0.39 is 18.3 Å². The lowest BCUT2D eigenvalue weighted by Crippen LogP contribution is -2.28. The maximum atomic E-state index is 13.4. The van der Waals surface area contributed by atoms with Gasteiger partial charge in [-0.25, -0.2) is 4.39 Å². The minimum Gasteiger partial charge on any atom is -0.491 e. The van der Waals surface area contributed by atoms with Crippen molar-refractivity contribution >= 4 is 0 Å². The number of hydrogen-bond acceptors (Lipinski definition) is 2. The summed E-state index contributed by atoms with van der Waals surface area (Å²) in [5.41, 5.74) is -0.359. The normalized spacial score (nSPS) is 11.6. The van der Waals surface area contributed by atoms with E-state index in [9.17, 15) is 13.2 Å². The lowest BCUT2D eigenvalue weighted by molar-refractivity contribution is -0.00161. The zero-order valence-corrected chi connectivity index (χ0v) is 9.19. The third-order valence-corrected chi connectivity index (χ3v) is 2.05. The molecule has 0 atom stereocenters. The molecule has 0 saturated heterocycles. The number of halogens is 3. The van der Waals surface area contributed by atoms with Crippen LogP contribution in [0, 0.1) is 5.82 Å². The molecule has 0 aromatic heterocycles. The molecule has 16 heavy (non-hydrogen) atoms. The predicted octanol–water partition coefficient (Wildman–Crippen LogP) is 2.54. The first-order chi connectivity index (χ1) is 7.51. The molecule has 1 rings (SSSR count). The van der Waals surface area contributed by atoms with Gasteiger partial charge in [0.2, 0.25) is 0 Å². The van der Waals surface area contributed by atoms with Crippen LogP contribution in [0.1, 0.15) is 12.5 Å². The largest absolute Gasteiger partial charge is 0.491 e. The van der Waals surface area contributed by atoms with E-state index >= 15 is 0 Å². The minimum atomic E-state index is -3.08. The molecule has 0 heterocycles. The van der Waals surface area contributed by atoms with E-state index in [2.05, 4.69) is 5.32 Å². The van der Waals surface area contributed by atoms with Gasteiger partial charge in [0.25, 0.3) is 5.92 Å². The van der Waals surface area contributed by atoms with E-state index in [0.29, 0.717) is 6.61 Å². The number of nitrogens with one attached hydrogen (secondary N) is 1. The van der Waals surface area contributed by atoms with Crippen molar-refractivity contribution in [3.8, 4) is 5.75 Å². The molecular formula is C11H14F3NO. The Morgan fingerprint density at radius 3 is 2.56 bits per heavy atom. The Balaban J connectivity index is 2.96. The van der Waals surface area contributed by atoms with E-state index in [4.69, 9.17) is 4.74 Å². The molecule has 0 aliphatic rings. The van der Waals surface area contributed by atoms with Crippen molar-refractivity contribution in [1.82, 2.24) is 5.32 Å². The molecule has 0 aliphatic carbocycles. The predicted molar refractivity (Wildman–Crippen MR) is 55.4 cm³/mol. The molecule has 0 spiro atoms. The van der Waals surface area contributed by atoms with Gasteiger partial charge in [0.1, 0.15) is 0 Å². The molecule has 1 aromatic rings. The van der Waals surface area contributed by atoms with Crippen LogP contribution in [-0.2, 0) is 5.92 Å². The van der Waals surface area contributed by atoms with E-state index in [0.717, 1.165) is 6.07 Å². The highest BCUT2D eigenvalue weighted by Gasteiger charge is 2.31. The number of hydrogen-bond donors (Lipinski definition) is 1. The van der Waals surface area contributed by atoms with Crippen molar-refractivity contribution in [3.05, 3.63) is 29.6 Å². The average Bonchev–Trinajstić information content (AvgIpc) is 2.21. The summed E-state index contributed by atoms with van der Waals surface area (Å²) >= 11 is 0. The lowest BCUT2D eigenvalue weighted by Gasteiger charge is -2.16. The Bertz CT molecular complexity index is 355. The summed E-state index contributed by atoms with van der Waals surface area (Å²) < 4.78 is 45.0. The van der Waals surface area contributed by atoms with Gasteiger partial charge in [-0.15, -0.1) is 0 Å². The molecule has 0 radical (unpaired) electrons. The summed E-state index contributed by atoms with van der Waals surface area (Å²) in [5.74, 6) is -3.86. The molecule has 0 unspecified atom stereocenters. The maximum absolute atomic E-state index is 13.4. The van der Waals surface area contributed by atoms with Gasteiger partial charge in [-0.05, 0) is 32.2 Å². The summed E-state index contributed by atoms with van der Waals surface area (Å²) in [5, 5.41) is 2.36. The highest BCUT2D eigenvalue weighted by molar-refractivity contribution is 5.31. The molecule has 90 valence electrons. The van der Waals surface area contributed by atoms with Crippen LogP contribution in [0.25, 0.3) is 0 Å². The molecule has 0 fully saturated rings. The van der Waals surface area contributed by atoms with Gasteiger partial charge in [-0.2, -0.15) is 8.78 Å².